The summed E-state index contributed by atoms with van der Waals surface area (Å²) in [6.45, 7) is 0.147. The molecule has 4 atom stereocenters. The van der Waals surface area contributed by atoms with Crippen molar-refractivity contribution in [1.82, 2.24) is 10.2 Å². The number of nitrogens with one attached hydrogen (secondary N) is 1. The summed E-state index contributed by atoms with van der Waals surface area (Å²) in [6, 6.07) is -0.632. The van der Waals surface area contributed by atoms with Crippen LogP contribution in [0.4, 0.5) is 4.79 Å². The van der Waals surface area contributed by atoms with E-state index < -0.39 is 30.6 Å². The van der Waals surface area contributed by atoms with Crippen LogP contribution in [0.3, 0.4) is 0 Å². The third kappa shape index (κ3) is 2.23. The Morgan fingerprint density at radius 2 is 2.12 bits per heavy atom. The van der Waals surface area contributed by atoms with E-state index in [0.717, 1.165) is 0 Å². The lowest BCUT2D eigenvalue weighted by Gasteiger charge is -2.32. The monoisotopic (exact) mass is 264 g/mol. The second-order valence-electron chi connectivity index (χ2n) is 4.00. The van der Waals surface area contributed by atoms with Crippen molar-refractivity contribution in [3.8, 4) is 0 Å². The maximum Gasteiger partial charge on any atom is 0.326 e. The fourth-order valence-electron chi connectivity index (χ4n) is 1.93. The van der Waals surface area contributed by atoms with Crippen molar-refractivity contribution in [3.05, 3.63) is 0 Å². The second kappa shape index (κ2) is 4.77. The van der Waals surface area contributed by atoms with E-state index in [9.17, 15) is 19.8 Å². The summed E-state index contributed by atoms with van der Waals surface area (Å²) in [5, 5.41) is 21.5. The molecule has 3 amide bonds. The molecule has 0 aromatic rings. The smallest absolute Gasteiger partial charge is 0.326 e. The first-order chi connectivity index (χ1) is 8.04. The molecule has 0 aromatic heterocycles. The van der Waals surface area contributed by atoms with Crippen molar-refractivity contribution in [2.75, 3.05) is 12.4 Å². The van der Waals surface area contributed by atoms with Gasteiger partial charge in [0.1, 0.15) is 18.3 Å². The van der Waals surface area contributed by atoms with E-state index in [1.165, 1.54) is 4.90 Å². The van der Waals surface area contributed by atoms with Crippen LogP contribution in [0.25, 0.3) is 0 Å². The maximum absolute atomic E-state index is 11.5. The van der Waals surface area contributed by atoms with Gasteiger partial charge in [-0.15, -0.1) is 11.6 Å². The first-order valence-corrected chi connectivity index (χ1v) is 5.76. The molecule has 17 heavy (non-hydrogen) atoms. The number of halogens is 1. The number of aliphatic hydroxyl groups excluding tert-OH is 2. The van der Waals surface area contributed by atoms with Gasteiger partial charge in [-0.2, -0.15) is 0 Å². The Labute approximate surface area is 102 Å². The van der Waals surface area contributed by atoms with Crippen molar-refractivity contribution < 1.29 is 24.5 Å². The number of aliphatic hydroxyl groups is 2. The molecular weight excluding hydrogens is 252 g/mol. The Hall–Kier alpha value is -0.890. The van der Waals surface area contributed by atoms with Crippen molar-refractivity contribution in [2.24, 2.45) is 0 Å². The van der Waals surface area contributed by atoms with E-state index in [1.807, 2.05) is 0 Å². The maximum atomic E-state index is 11.5. The quantitative estimate of drug-likeness (QED) is 0.534. The van der Waals surface area contributed by atoms with Crippen LogP contribution in [-0.4, -0.2) is 64.0 Å². The summed E-state index contributed by atoms with van der Waals surface area (Å²) in [4.78, 5) is 23.7. The number of ether oxygens (including phenoxy) is 1. The van der Waals surface area contributed by atoms with E-state index in [-0.39, 0.29) is 24.8 Å². The van der Waals surface area contributed by atoms with Crippen LogP contribution >= 0.6 is 11.6 Å². The van der Waals surface area contributed by atoms with Gasteiger partial charge in [-0.25, -0.2) is 4.79 Å². The molecule has 2 aliphatic heterocycles. The average molecular weight is 265 g/mol. The lowest BCUT2D eigenvalue weighted by Crippen LogP contribution is -2.56. The van der Waals surface area contributed by atoms with Crippen LogP contribution in [-0.2, 0) is 9.53 Å². The standard InChI is InChI=1S/C9H13ClN2O5/c10-3-4-6(14)7(15)8(17-4)12-2-1-5(13)11-9(12)16/h4,6-8,14-15H,1-3H2,(H,11,13,16). The molecule has 0 saturated carbocycles. The molecular formula is C9H13ClN2O5. The van der Waals surface area contributed by atoms with E-state index in [0.29, 0.717) is 0 Å². The Balaban J connectivity index is 2.08. The molecule has 2 rings (SSSR count). The van der Waals surface area contributed by atoms with Gasteiger partial charge in [-0.3, -0.25) is 15.0 Å². The summed E-state index contributed by atoms with van der Waals surface area (Å²) in [6.07, 6.45) is -3.91. The Kier molecular flexibility index (Phi) is 3.53. The lowest BCUT2D eigenvalue weighted by molar-refractivity contribution is -0.124. The van der Waals surface area contributed by atoms with Crippen LogP contribution in [0, 0.1) is 0 Å². The molecule has 4 unspecified atom stereocenters. The van der Waals surface area contributed by atoms with Gasteiger partial charge in [0.05, 0.1) is 5.88 Å². The minimum absolute atomic E-state index is 0.0170. The number of carbonyl (C=O) groups excluding carboxylic acids is 2. The first kappa shape index (κ1) is 12.6. The van der Waals surface area contributed by atoms with Gasteiger partial charge < -0.3 is 14.9 Å². The van der Waals surface area contributed by atoms with Crippen LogP contribution in [0.5, 0.6) is 0 Å². The van der Waals surface area contributed by atoms with Crippen LogP contribution in [0.1, 0.15) is 6.42 Å². The molecule has 0 spiro atoms. The van der Waals surface area contributed by atoms with Crippen molar-refractivity contribution >= 4 is 23.5 Å². The zero-order valence-corrected chi connectivity index (χ0v) is 9.63. The summed E-state index contributed by atoms with van der Waals surface area (Å²) in [7, 11) is 0. The summed E-state index contributed by atoms with van der Waals surface area (Å²) < 4.78 is 5.30. The minimum Gasteiger partial charge on any atom is -0.387 e. The molecule has 2 saturated heterocycles. The number of hydrogen-bond acceptors (Lipinski definition) is 5. The number of nitrogens with zero attached hydrogens (tertiary/aromatic N) is 1. The molecule has 96 valence electrons. The molecule has 3 N–H and O–H groups in total. The largest absolute Gasteiger partial charge is 0.387 e. The third-order valence-corrected chi connectivity index (χ3v) is 3.19. The number of rotatable bonds is 2. The molecule has 0 aromatic carbocycles. The van der Waals surface area contributed by atoms with Gasteiger partial charge in [0.25, 0.3) is 0 Å². The number of hydrogen-bond donors (Lipinski definition) is 3. The summed E-state index contributed by atoms with van der Waals surface area (Å²) >= 11 is 5.56. The highest BCUT2D eigenvalue weighted by Gasteiger charge is 2.47. The average Bonchev–Trinajstić information content (AvgIpc) is 2.57. The van der Waals surface area contributed by atoms with Crippen molar-refractivity contribution in [2.45, 2.75) is 31.0 Å². The van der Waals surface area contributed by atoms with E-state index in [4.69, 9.17) is 16.3 Å². The van der Waals surface area contributed by atoms with Crippen molar-refractivity contribution in [1.29, 1.82) is 0 Å². The number of imide groups is 1. The number of amides is 3. The summed E-state index contributed by atoms with van der Waals surface area (Å²) in [5.41, 5.74) is 0. The first-order valence-electron chi connectivity index (χ1n) is 5.22. The van der Waals surface area contributed by atoms with Crippen LogP contribution < -0.4 is 5.32 Å². The zero-order valence-electron chi connectivity index (χ0n) is 8.88. The topological polar surface area (TPSA) is 99.1 Å². The molecule has 8 heteroatoms. The van der Waals surface area contributed by atoms with Gasteiger partial charge >= 0.3 is 6.03 Å². The fourth-order valence-corrected chi connectivity index (χ4v) is 2.19. The minimum atomic E-state index is -1.22. The van der Waals surface area contributed by atoms with Gasteiger partial charge in [0, 0.05) is 13.0 Å². The Morgan fingerprint density at radius 3 is 2.65 bits per heavy atom. The van der Waals surface area contributed by atoms with Gasteiger partial charge in [0.2, 0.25) is 5.91 Å². The van der Waals surface area contributed by atoms with E-state index in [1.54, 1.807) is 0 Å². The third-order valence-electron chi connectivity index (χ3n) is 2.88. The summed E-state index contributed by atoms with van der Waals surface area (Å²) in [5.74, 6) is -0.350. The van der Waals surface area contributed by atoms with Crippen molar-refractivity contribution in [3.63, 3.8) is 0 Å². The molecule has 2 heterocycles. The number of urea groups is 1. The fraction of sp³-hybridized carbons (Fsp3) is 0.778. The highest BCUT2D eigenvalue weighted by atomic mass is 35.5. The molecule has 2 fully saturated rings. The van der Waals surface area contributed by atoms with Crippen LogP contribution in [0.2, 0.25) is 0 Å². The molecule has 0 bridgehead atoms. The molecule has 0 aliphatic carbocycles. The normalized spacial score (nSPS) is 38.4. The van der Waals surface area contributed by atoms with E-state index >= 15 is 0 Å². The molecule has 7 nitrogen and oxygen atoms in total. The highest BCUT2D eigenvalue weighted by Crippen LogP contribution is 2.25. The zero-order chi connectivity index (χ0) is 12.6. The van der Waals surface area contributed by atoms with Gasteiger partial charge in [-0.1, -0.05) is 0 Å². The lowest BCUT2D eigenvalue weighted by atomic mass is 10.1. The van der Waals surface area contributed by atoms with E-state index in [2.05, 4.69) is 5.32 Å². The highest BCUT2D eigenvalue weighted by molar-refractivity contribution is 6.18. The van der Waals surface area contributed by atoms with Gasteiger partial charge in [0.15, 0.2) is 6.23 Å². The predicted octanol–water partition coefficient (Wildman–Crippen LogP) is -1.39. The number of alkyl halides is 1. The Morgan fingerprint density at radius 1 is 1.41 bits per heavy atom. The molecule has 2 aliphatic rings. The molecule has 0 radical (unpaired) electrons. The van der Waals surface area contributed by atoms with Gasteiger partial charge in [-0.05, 0) is 0 Å². The Bertz CT molecular complexity index is 339. The number of carbonyl (C=O) groups is 2. The second-order valence-corrected chi connectivity index (χ2v) is 4.31. The van der Waals surface area contributed by atoms with Crippen LogP contribution in [0.15, 0.2) is 0 Å². The SMILES string of the molecule is O=C1CCN(C2OC(CCl)C(O)C2O)C(=O)N1. The predicted molar refractivity (Wildman–Crippen MR) is 56.3 cm³/mol.